The first-order valence-electron chi connectivity index (χ1n) is 9.76. The Hall–Kier alpha value is -2.24. The number of aromatic nitrogens is 3. The van der Waals surface area contributed by atoms with E-state index in [2.05, 4.69) is 58.9 Å². The van der Waals surface area contributed by atoms with Gasteiger partial charge in [0.15, 0.2) is 10.6 Å². The second kappa shape index (κ2) is 8.19. The van der Waals surface area contributed by atoms with E-state index >= 15 is 0 Å². The lowest BCUT2D eigenvalue weighted by molar-refractivity contribution is 0.160. The van der Waals surface area contributed by atoms with Gasteiger partial charge in [0.25, 0.3) is 0 Å². The van der Waals surface area contributed by atoms with Crippen LogP contribution >= 0.6 is 12.2 Å². The number of hydrogen-bond donors (Lipinski definition) is 0. The third-order valence-electron chi connectivity index (χ3n) is 5.46. The van der Waals surface area contributed by atoms with Crippen LogP contribution in [0.3, 0.4) is 0 Å². The van der Waals surface area contributed by atoms with E-state index in [0.29, 0.717) is 5.92 Å². The minimum absolute atomic E-state index is 0.670. The minimum atomic E-state index is 0.670. The predicted molar refractivity (Wildman–Crippen MR) is 112 cm³/mol. The molecule has 2 heterocycles. The van der Waals surface area contributed by atoms with Crippen LogP contribution in [0.25, 0.3) is 11.4 Å². The molecule has 1 fully saturated rings. The predicted octanol–water partition coefficient (Wildman–Crippen LogP) is 4.94. The topological polar surface area (TPSA) is 26.0 Å². The van der Waals surface area contributed by atoms with E-state index < -0.39 is 0 Å². The molecule has 0 saturated carbocycles. The van der Waals surface area contributed by atoms with Crippen LogP contribution in [0.2, 0.25) is 0 Å². The molecule has 140 valence electrons. The van der Waals surface area contributed by atoms with E-state index in [9.17, 15) is 0 Å². The second-order valence-electron chi connectivity index (χ2n) is 7.16. The summed E-state index contributed by atoms with van der Waals surface area (Å²) in [7, 11) is 0. The maximum atomic E-state index is 5.72. The summed E-state index contributed by atoms with van der Waals surface area (Å²) in [6, 6.07) is 21.2. The Morgan fingerprint density at radius 2 is 1.59 bits per heavy atom. The third-order valence-corrected chi connectivity index (χ3v) is 5.89. The smallest absolute Gasteiger partial charge is 0.199 e. The number of piperidine rings is 1. The van der Waals surface area contributed by atoms with Crippen molar-refractivity contribution >= 4 is 12.2 Å². The van der Waals surface area contributed by atoms with Crippen LogP contribution in [-0.2, 0) is 13.2 Å². The van der Waals surface area contributed by atoms with Gasteiger partial charge >= 0.3 is 0 Å². The Labute approximate surface area is 166 Å². The van der Waals surface area contributed by atoms with E-state index in [4.69, 9.17) is 17.3 Å². The van der Waals surface area contributed by atoms with Crippen LogP contribution in [0, 0.1) is 4.77 Å². The van der Waals surface area contributed by atoms with Crippen LogP contribution in [0.4, 0.5) is 0 Å². The normalized spacial score (nSPS) is 15.9. The van der Waals surface area contributed by atoms with Crippen LogP contribution in [0.15, 0.2) is 60.7 Å². The number of likely N-dealkylation sites (tertiary alicyclic amines) is 1. The highest BCUT2D eigenvalue weighted by atomic mass is 32.1. The van der Waals surface area contributed by atoms with Crippen LogP contribution < -0.4 is 0 Å². The molecule has 4 rings (SSSR count). The number of hydrogen-bond acceptors (Lipinski definition) is 3. The van der Waals surface area contributed by atoms with Crippen molar-refractivity contribution in [2.45, 2.75) is 38.9 Å². The zero-order chi connectivity index (χ0) is 18.6. The molecular formula is C22H26N4S. The summed E-state index contributed by atoms with van der Waals surface area (Å²) in [5.74, 6) is 1.63. The van der Waals surface area contributed by atoms with Gasteiger partial charge in [-0.15, -0.1) is 0 Å². The summed E-state index contributed by atoms with van der Waals surface area (Å²) in [6.45, 7) is 5.90. The SMILES string of the molecule is CCn1c(-c2ccccc2)nn(CN2CCC(c3ccccc3)CC2)c1=S. The molecule has 1 aliphatic heterocycles. The molecule has 3 aromatic rings. The van der Waals surface area contributed by atoms with Gasteiger partial charge in [-0.2, -0.15) is 5.10 Å². The fourth-order valence-corrected chi connectivity index (χ4v) is 4.26. The maximum absolute atomic E-state index is 5.72. The summed E-state index contributed by atoms with van der Waals surface area (Å²) >= 11 is 5.72. The van der Waals surface area contributed by atoms with Gasteiger partial charge in [0.1, 0.15) is 0 Å². The quantitative estimate of drug-likeness (QED) is 0.588. The van der Waals surface area contributed by atoms with E-state index in [-0.39, 0.29) is 0 Å². The van der Waals surface area contributed by atoms with Crippen molar-refractivity contribution in [3.05, 3.63) is 71.0 Å². The highest BCUT2D eigenvalue weighted by Crippen LogP contribution is 2.28. The lowest BCUT2D eigenvalue weighted by atomic mass is 9.90. The molecule has 0 amide bonds. The van der Waals surface area contributed by atoms with Gasteiger partial charge < -0.3 is 4.57 Å². The average molecular weight is 379 g/mol. The van der Waals surface area contributed by atoms with Gasteiger partial charge in [0, 0.05) is 25.2 Å². The Morgan fingerprint density at radius 1 is 0.963 bits per heavy atom. The summed E-state index contributed by atoms with van der Waals surface area (Å²) < 4.78 is 4.92. The molecule has 0 aliphatic carbocycles. The van der Waals surface area contributed by atoms with Gasteiger partial charge in [-0.1, -0.05) is 60.7 Å². The first kappa shape index (κ1) is 18.1. The summed E-state index contributed by atoms with van der Waals surface area (Å²) in [5, 5.41) is 4.86. The summed E-state index contributed by atoms with van der Waals surface area (Å²) in [4.78, 5) is 2.47. The Balaban J connectivity index is 1.48. The molecule has 0 N–H and O–H groups in total. The van der Waals surface area contributed by atoms with Crippen molar-refractivity contribution in [3.8, 4) is 11.4 Å². The van der Waals surface area contributed by atoms with Gasteiger partial charge in [-0.05, 0) is 43.5 Å². The Bertz CT molecular complexity index is 922. The standard InChI is InChI=1S/C22H26N4S/c1-2-25-21(20-11-7-4-8-12-20)23-26(22(25)27)17-24-15-13-19(14-16-24)18-9-5-3-6-10-18/h3-12,19H,2,13-17H2,1H3. The highest BCUT2D eigenvalue weighted by Gasteiger charge is 2.21. The maximum Gasteiger partial charge on any atom is 0.199 e. The van der Waals surface area contributed by atoms with Crippen molar-refractivity contribution in [1.82, 2.24) is 19.2 Å². The fourth-order valence-electron chi connectivity index (χ4n) is 3.94. The number of rotatable bonds is 5. The first-order valence-corrected chi connectivity index (χ1v) is 10.2. The van der Waals surface area contributed by atoms with Crippen molar-refractivity contribution in [1.29, 1.82) is 0 Å². The molecule has 0 radical (unpaired) electrons. The lowest BCUT2D eigenvalue weighted by Crippen LogP contribution is -2.34. The number of nitrogens with zero attached hydrogens (tertiary/aromatic N) is 4. The van der Waals surface area contributed by atoms with Crippen LogP contribution in [0.5, 0.6) is 0 Å². The second-order valence-corrected chi connectivity index (χ2v) is 7.53. The van der Waals surface area contributed by atoms with Crippen molar-refractivity contribution < 1.29 is 0 Å². The van der Waals surface area contributed by atoms with Crippen molar-refractivity contribution in [2.75, 3.05) is 13.1 Å². The molecule has 0 unspecified atom stereocenters. The molecule has 1 aliphatic rings. The van der Waals surface area contributed by atoms with E-state index in [0.717, 1.165) is 42.5 Å². The van der Waals surface area contributed by atoms with Gasteiger partial charge in [0.05, 0.1) is 6.67 Å². The largest absolute Gasteiger partial charge is 0.300 e. The minimum Gasteiger partial charge on any atom is -0.300 e. The molecule has 0 spiro atoms. The van der Waals surface area contributed by atoms with Gasteiger partial charge in [-0.25, -0.2) is 4.68 Å². The molecule has 4 nitrogen and oxygen atoms in total. The summed E-state index contributed by atoms with van der Waals surface area (Å²) in [5.41, 5.74) is 2.59. The van der Waals surface area contributed by atoms with Gasteiger partial charge in [-0.3, -0.25) is 4.90 Å². The zero-order valence-corrected chi connectivity index (χ0v) is 16.6. The van der Waals surface area contributed by atoms with Crippen LogP contribution in [-0.4, -0.2) is 32.3 Å². The van der Waals surface area contributed by atoms with Crippen LogP contribution in [0.1, 0.15) is 31.2 Å². The fraction of sp³-hybridized carbons (Fsp3) is 0.364. The van der Waals surface area contributed by atoms with E-state index in [1.54, 1.807) is 0 Å². The molecule has 1 saturated heterocycles. The first-order chi connectivity index (χ1) is 13.3. The average Bonchev–Trinajstić information content (AvgIpc) is 3.05. The van der Waals surface area contributed by atoms with Crippen molar-refractivity contribution in [3.63, 3.8) is 0 Å². The third kappa shape index (κ3) is 3.89. The summed E-state index contributed by atoms with van der Waals surface area (Å²) in [6.07, 6.45) is 2.38. The molecule has 27 heavy (non-hydrogen) atoms. The Morgan fingerprint density at radius 3 is 2.22 bits per heavy atom. The molecule has 2 aromatic carbocycles. The molecule has 0 bridgehead atoms. The highest BCUT2D eigenvalue weighted by molar-refractivity contribution is 7.71. The monoisotopic (exact) mass is 378 g/mol. The van der Waals surface area contributed by atoms with E-state index in [1.807, 2.05) is 22.9 Å². The zero-order valence-electron chi connectivity index (χ0n) is 15.8. The lowest BCUT2D eigenvalue weighted by Gasteiger charge is -2.31. The molecule has 1 aromatic heterocycles. The van der Waals surface area contributed by atoms with Gasteiger partial charge in [0.2, 0.25) is 0 Å². The molecule has 5 heteroatoms. The number of benzene rings is 2. The Kier molecular flexibility index (Phi) is 5.50. The van der Waals surface area contributed by atoms with E-state index in [1.165, 1.54) is 18.4 Å². The van der Waals surface area contributed by atoms with Crippen molar-refractivity contribution in [2.24, 2.45) is 0 Å². The molecular weight excluding hydrogens is 352 g/mol. The molecule has 0 atom stereocenters.